The number of rotatable bonds is 3. The highest BCUT2D eigenvalue weighted by Gasteiger charge is 2.63. The standard InChI is InChI=1S/C42H46N4O9S/c1-19-11-22-13-41(4)16-45(5)31(28(22)33(49)34(19)51-6)32-38-30-29(37-36(53-18-54-37)20(2)35(30)55-21(3)48)27(46(32)41)15-52-40(50)42(17-56-38)39-25(12-23(14-47)44-42)24-9-7-8-10-26(24)43-39/h7-11,23,27,31-32,38,43-44,47,49H,12-18H2,1-6H3/t23-,27?,31?,32+,38+,41?,42+/m0/s1. The molecule has 0 radical (unpaired) electrons. The maximum Gasteiger partial charge on any atom is 0.333 e. The number of methoxy groups -OCH3 is 1. The molecular formula is C42H46N4O9S. The quantitative estimate of drug-likeness (QED) is 0.169. The van der Waals surface area contributed by atoms with Crippen molar-refractivity contribution in [3.63, 3.8) is 0 Å². The van der Waals surface area contributed by atoms with Crippen molar-refractivity contribution in [1.82, 2.24) is 20.1 Å². The number of thioether (sulfide) groups is 1. The van der Waals surface area contributed by atoms with E-state index in [2.05, 4.69) is 40.1 Å². The Kier molecular flexibility index (Phi) is 8.02. The fourth-order valence-corrected chi connectivity index (χ4v) is 12.9. The van der Waals surface area contributed by atoms with Crippen LogP contribution in [0.4, 0.5) is 0 Å². The number of carbonyl (C=O) groups is 2. The summed E-state index contributed by atoms with van der Waals surface area (Å²) in [6.45, 7) is 7.92. The molecule has 1 aromatic heterocycles. The third-order valence-corrected chi connectivity index (χ3v) is 14.6. The number of para-hydroxylation sites is 1. The molecule has 8 aliphatic rings. The summed E-state index contributed by atoms with van der Waals surface area (Å²) in [6.07, 6.45) is 1.14. The van der Waals surface area contributed by atoms with Gasteiger partial charge >= 0.3 is 11.9 Å². The molecule has 4 unspecified atom stereocenters. The van der Waals surface area contributed by atoms with E-state index in [9.17, 15) is 15.0 Å². The van der Waals surface area contributed by atoms with Crippen molar-refractivity contribution in [3.8, 4) is 28.7 Å². The van der Waals surface area contributed by atoms with Gasteiger partial charge in [0.15, 0.2) is 28.5 Å². The number of phenolic OH excluding ortho intramolecular Hbond substituents is 1. The number of phenols is 1. The number of aromatic amines is 1. The number of aromatic hydroxyl groups is 1. The van der Waals surface area contributed by atoms with Crippen LogP contribution in [0.15, 0.2) is 30.3 Å². The predicted molar refractivity (Wildman–Crippen MR) is 208 cm³/mol. The maximum atomic E-state index is 15.1. The van der Waals surface area contributed by atoms with Crippen LogP contribution >= 0.6 is 11.8 Å². The first-order valence-corrected chi connectivity index (χ1v) is 20.3. The molecule has 294 valence electrons. The van der Waals surface area contributed by atoms with Gasteiger partial charge in [0, 0.05) is 70.0 Å². The highest BCUT2D eigenvalue weighted by molar-refractivity contribution is 7.99. The van der Waals surface area contributed by atoms with Crippen molar-refractivity contribution in [2.75, 3.05) is 46.5 Å². The normalized spacial score (nSPS) is 31.3. The predicted octanol–water partition coefficient (Wildman–Crippen LogP) is 4.61. The molecule has 9 heterocycles. The maximum absolute atomic E-state index is 15.1. The van der Waals surface area contributed by atoms with Crippen molar-refractivity contribution in [2.24, 2.45) is 0 Å². The highest BCUT2D eigenvalue weighted by atomic mass is 32.2. The lowest BCUT2D eigenvalue weighted by atomic mass is 9.76. The zero-order chi connectivity index (χ0) is 39.0. The van der Waals surface area contributed by atoms with Gasteiger partial charge in [0.2, 0.25) is 6.79 Å². The second kappa shape index (κ2) is 12.5. The van der Waals surface area contributed by atoms with Crippen LogP contribution in [-0.2, 0) is 32.7 Å². The fourth-order valence-electron chi connectivity index (χ4n) is 11.2. The van der Waals surface area contributed by atoms with Crippen LogP contribution < -0.4 is 24.3 Å². The molecule has 8 aliphatic heterocycles. The summed E-state index contributed by atoms with van der Waals surface area (Å²) in [7, 11) is 3.68. The van der Waals surface area contributed by atoms with E-state index in [1.165, 1.54) is 6.92 Å². The molecular weight excluding hydrogens is 737 g/mol. The molecule has 0 aliphatic carbocycles. The first-order chi connectivity index (χ1) is 26.9. The number of ether oxygens (including phenoxy) is 5. The number of likely N-dealkylation sites (N-methyl/N-ethyl adjacent to an activating group) is 1. The molecule has 4 N–H and O–H groups in total. The van der Waals surface area contributed by atoms with E-state index in [0.29, 0.717) is 47.9 Å². The number of aliphatic hydroxyl groups is 1. The number of aromatic nitrogens is 1. The average molecular weight is 783 g/mol. The van der Waals surface area contributed by atoms with E-state index in [1.807, 2.05) is 38.1 Å². The summed E-state index contributed by atoms with van der Waals surface area (Å²) < 4.78 is 31.1. The monoisotopic (exact) mass is 782 g/mol. The summed E-state index contributed by atoms with van der Waals surface area (Å²) in [5.41, 5.74) is 5.64. The Morgan fingerprint density at radius 2 is 1.89 bits per heavy atom. The van der Waals surface area contributed by atoms with Crippen LogP contribution in [0.25, 0.3) is 10.9 Å². The molecule has 0 amide bonds. The summed E-state index contributed by atoms with van der Waals surface area (Å²) >= 11 is 1.59. The Bertz CT molecular complexity index is 2360. The summed E-state index contributed by atoms with van der Waals surface area (Å²) in [5.74, 6) is 1.35. The molecule has 2 fully saturated rings. The number of nitrogens with zero attached hydrogens (tertiary/aromatic N) is 2. The summed E-state index contributed by atoms with van der Waals surface area (Å²) in [4.78, 5) is 36.5. The van der Waals surface area contributed by atoms with Gasteiger partial charge in [-0.25, -0.2) is 4.79 Å². The van der Waals surface area contributed by atoms with Crippen LogP contribution in [0, 0.1) is 13.8 Å². The fraction of sp³-hybridized carbons (Fsp3) is 0.476. The average Bonchev–Trinajstić information content (AvgIpc) is 3.76. The molecule has 56 heavy (non-hydrogen) atoms. The van der Waals surface area contributed by atoms with Gasteiger partial charge in [0.05, 0.1) is 36.7 Å². The van der Waals surface area contributed by atoms with Crippen molar-refractivity contribution in [2.45, 2.75) is 81.0 Å². The third kappa shape index (κ3) is 4.76. The number of fused-ring (bicyclic) bond motifs is 8. The Morgan fingerprint density at radius 3 is 2.66 bits per heavy atom. The molecule has 4 bridgehead atoms. The lowest BCUT2D eigenvalue weighted by molar-refractivity contribution is -0.160. The SMILES string of the molecule is COc1c(C)cc2c(c1O)C1[C@@H]3[C@@H]4SC[C@]5(N[C@H](CO)Cc6c5[nH]c5ccccc65)C(=O)OCC(c5c6c(c(C)c(OC(C)=O)c54)OCO6)N3C(C)(C2)CN1C. The van der Waals surface area contributed by atoms with Crippen molar-refractivity contribution >= 4 is 34.6 Å². The number of aryl methyl sites for hydroxylation is 1. The molecule has 8 atom stereocenters. The Balaban J connectivity index is 1.26. The molecule has 13 nitrogen and oxygen atoms in total. The van der Waals surface area contributed by atoms with E-state index >= 15 is 4.79 Å². The number of H-pyrrole nitrogens is 1. The van der Waals surface area contributed by atoms with Gasteiger partial charge in [-0.05, 0) is 63.4 Å². The van der Waals surface area contributed by atoms with Gasteiger partial charge in [-0.15, -0.1) is 11.8 Å². The second-order valence-corrected chi connectivity index (χ2v) is 17.7. The third-order valence-electron chi connectivity index (χ3n) is 13.1. The zero-order valence-corrected chi connectivity index (χ0v) is 33.1. The van der Waals surface area contributed by atoms with E-state index in [-0.39, 0.29) is 43.6 Å². The van der Waals surface area contributed by atoms with Gasteiger partial charge in [-0.2, -0.15) is 0 Å². The van der Waals surface area contributed by atoms with Crippen LogP contribution in [0.5, 0.6) is 28.7 Å². The Morgan fingerprint density at radius 1 is 1.11 bits per heavy atom. The van der Waals surface area contributed by atoms with Gasteiger partial charge in [0.1, 0.15) is 12.4 Å². The number of benzene rings is 3. The number of hydrogen-bond donors (Lipinski definition) is 4. The molecule has 1 spiro atoms. The van der Waals surface area contributed by atoms with Crippen molar-refractivity contribution in [3.05, 3.63) is 75.0 Å². The van der Waals surface area contributed by atoms with Gasteiger partial charge in [0.25, 0.3) is 0 Å². The van der Waals surface area contributed by atoms with Gasteiger partial charge < -0.3 is 38.9 Å². The molecule has 12 rings (SSSR count). The lowest BCUT2D eigenvalue weighted by Crippen LogP contribution is -2.69. The highest BCUT2D eigenvalue weighted by Crippen LogP contribution is 2.65. The van der Waals surface area contributed by atoms with E-state index < -0.39 is 40.4 Å². The molecule has 4 aromatic rings. The minimum absolute atomic E-state index is 0.000358. The summed E-state index contributed by atoms with van der Waals surface area (Å²) in [6, 6.07) is 8.47. The number of carbonyl (C=O) groups excluding carboxylic acids is 2. The van der Waals surface area contributed by atoms with Gasteiger partial charge in [-0.1, -0.05) is 24.3 Å². The number of hydrogen-bond acceptors (Lipinski definition) is 13. The number of esters is 2. The Labute approximate surface area is 328 Å². The molecule has 2 saturated heterocycles. The van der Waals surface area contributed by atoms with E-state index in [0.717, 1.165) is 50.0 Å². The second-order valence-electron chi connectivity index (χ2n) is 16.5. The number of aliphatic hydroxyl groups excluding tert-OH is 1. The molecule has 0 saturated carbocycles. The van der Waals surface area contributed by atoms with Crippen LogP contribution in [0.3, 0.4) is 0 Å². The first-order valence-electron chi connectivity index (χ1n) is 19.2. The minimum atomic E-state index is -1.36. The van der Waals surface area contributed by atoms with Crippen LogP contribution in [0.1, 0.15) is 75.8 Å². The molecule has 3 aromatic carbocycles. The van der Waals surface area contributed by atoms with Crippen LogP contribution in [-0.4, -0.2) is 101 Å². The number of nitrogens with one attached hydrogen (secondary N) is 2. The minimum Gasteiger partial charge on any atom is -0.504 e. The molecule has 14 heteroatoms. The summed E-state index contributed by atoms with van der Waals surface area (Å²) in [5, 5.41) is 27.0. The topological polar surface area (TPSA) is 155 Å². The largest absolute Gasteiger partial charge is 0.504 e. The van der Waals surface area contributed by atoms with E-state index in [1.54, 1.807) is 18.9 Å². The first kappa shape index (κ1) is 35.9. The lowest BCUT2D eigenvalue weighted by Gasteiger charge is -2.61. The zero-order valence-electron chi connectivity index (χ0n) is 32.3. The smallest absolute Gasteiger partial charge is 0.333 e. The van der Waals surface area contributed by atoms with Gasteiger partial charge in [-0.3, -0.25) is 19.9 Å². The van der Waals surface area contributed by atoms with Crippen LogP contribution in [0.2, 0.25) is 0 Å². The van der Waals surface area contributed by atoms with E-state index in [4.69, 9.17) is 23.7 Å². The Hall–Kier alpha value is -4.47. The number of piperazine rings is 1. The van der Waals surface area contributed by atoms with Crippen molar-refractivity contribution < 1.29 is 43.5 Å². The van der Waals surface area contributed by atoms with Crippen molar-refractivity contribution in [1.29, 1.82) is 0 Å².